The second-order valence-corrected chi connectivity index (χ2v) is 3.85. The van der Waals surface area contributed by atoms with Gasteiger partial charge in [0.15, 0.2) is 0 Å². The lowest BCUT2D eigenvalue weighted by Gasteiger charge is -2.08. The van der Waals surface area contributed by atoms with Crippen molar-refractivity contribution in [1.29, 1.82) is 0 Å². The fourth-order valence-corrected chi connectivity index (χ4v) is 1.39. The fraction of sp³-hybridized carbons (Fsp3) is 0.500. The van der Waals surface area contributed by atoms with Gasteiger partial charge >= 0.3 is 0 Å². The highest BCUT2D eigenvalue weighted by Crippen LogP contribution is 2.11. The van der Waals surface area contributed by atoms with Crippen molar-refractivity contribution >= 4 is 17.4 Å². The third kappa shape index (κ3) is 5.75. The lowest BCUT2D eigenvalue weighted by Crippen LogP contribution is -2.12. The number of aromatic nitrogens is 1. The number of nitrogens with two attached hydrogens (primary N) is 1. The summed E-state index contributed by atoms with van der Waals surface area (Å²) in [5, 5.41) is 6.45. The largest absolute Gasteiger partial charge is 0.385 e. The molecule has 0 aliphatic heterocycles. The number of rotatable bonds is 8. The molecule has 5 heteroatoms. The van der Waals surface area contributed by atoms with Crippen LogP contribution in [-0.4, -0.2) is 24.0 Å². The molecule has 1 amide bonds. The fourth-order valence-electron chi connectivity index (χ4n) is 1.39. The van der Waals surface area contributed by atoms with Crippen molar-refractivity contribution in [3.63, 3.8) is 0 Å². The Bertz CT molecular complexity index is 354. The number of hydrogen-bond donors (Lipinski definition) is 3. The van der Waals surface area contributed by atoms with Crippen LogP contribution in [0.3, 0.4) is 0 Å². The first-order valence-corrected chi connectivity index (χ1v) is 5.94. The normalized spacial score (nSPS) is 9.94. The molecule has 0 saturated carbocycles. The first-order valence-electron chi connectivity index (χ1n) is 5.94. The Labute approximate surface area is 102 Å². The van der Waals surface area contributed by atoms with Crippen molar-refractivity contribution in [2.24, 2.45) is 5.73 Å². The predicted molar refractivity (Wildman–Crippen MR) is 69.9 cm³/mol. The summed E-state index contributed by atoms with van der Waals surface area (Å²) in [6.45, 7) is 3.76. The average Bonchev–Trinajstić information content (AvgIpc) is 2.32. The Morgan fingerprint density at radius 1 is 1.41 bits per heavy atom. The summed E-state index contributed by atoms with van der Waals surface area (Å²) in [4.78, 5) is 14.8. The quantitative estimate of drug-likeness (QED) is 0.599. The summed E-state index contributed by atoms with van der Waals surface area (Å²) in [5.74, 6) is 0.610. The van der Waals surface area contributed by atoms with Gasteiger partial charge in [-0.25, -0.2) is 4.98 Å². The Morgan fingerprint density at radius 3 is 2.94 bits per heavy atom. The molecular weight excluding hydrogens is 216 g/mol. The van der Waals surface area contributed by atoms with Gasteiger partial charge in [-0.3, -0.25) is 4.79 Å². The zero-order valence-electron chi connectivity index (χ0n) is 10.2. The molecule has 0 bridgehead atoms. The number of nitrogens with zero attached hydrogens (tertiary/aromatic N) is 1. The zero-order valence-corrected chi connectivity index (χ0v) is 10.2. The maximum Gasteiger partial charge on any atom is 0.217 e. The SMILES string of the molecule is CCCNc1cc(NCCCC(N)=O)ccn1. The summed E-state index contributed by atoms with van der Waals surface area (Å²) in [7, 11) is 0. The maximum atomic E-state index is 10.6. The van der Waals surface area contributed by atoms with Crippen LogP contribution in [-0.2, 0) is 4.79 Å². The van der Waals surface area contributed by atoms with Crippen LogP contribution >= 0.6 is 0 Å². The molecule has 1 heterocycles. The molecule has 0 radical (unpaired) electrons. The molecular formula is C12H20N4O. The van der Waals surface area contributed by atoms with E-state index in [4.69, 9.17) is 5.73 Å². The van der Waals surface area contributed by atoms with Gasteiger partial charge in [-0.15, -0.1) is 0 Å². The Morgan fingerprint density at radius 2 is 2.24 bits per heavy atom. The van der Waals surface area contributed by atoms with Crippen LogP contribution in [0.5, 0.6) is 0 Å². The second-order valence-electron chi connectivity index (χ2n) is 3.85. The lowest BCUT2D eigenvalue weighted by atomic mass is 10.3. The standard InChI is InChI=1S/C12H20N4O/c1-2-6-15-12-9-10(5-8-16-12)14-7-3-4-11(13)17/h5,8-9H,2-4,6-7H2,1H3,(H2,13,17)(H2,14,15,16). The molecule has 0 aliphatic carbocycles. The summed E-state index contributed by atoms with van der Waals surface area (Å²) in [5.41, 5.74) is 6.07. The highest BCUT2D eigenvalue weighted by Gasteiger charge is 1.97. The van der Waals surface area contributed by atoms with Crippen molar-refractivity contribution < 1.29 is 4.79 Å². The minimum atomic E-state index is -0.258. The minimum absolute atomic E-state index is 0.258. The van der Waals surface area contributed by atoms with Gasteiger partial charge in [-0.05, 0) is 18.9 Å². The molecule has 17 heavy (non-hydrogen) atoms. The molecule has 94 valence electrons. The molecule has 0 saturated heterocycles. The van der Waals surface area contributed by atoms with Gasteiger partial charge in [0.25, 0.3) is 0 Å². The van der Waals surface area contributed by atoms with E-state index >= 15 is 0 Å². The highest BCUT2D eigenvalue weighted by atomic mass is 16.1. The molecule has 1 aromatic rings. The molecule has 0 aromatic carbocycles. The molecule has 0 unspecified atom stereocenters. The summed E-state index contributed by atoms with van der Waals surface area (Å²) in [6.07, 6.45) is 3.99. The molecule has 1 rings (SSSR count). The van der Waals surface area contributed by atoms with Crippen LogP contribution in [0.15, 0.2) is 18.3 Å². The van der Waals surface area contributed by atoms with E-state index in [1.807, 2.05) is 12.1 Å². The molecule has 0 fully saturated rings. The number of carbonyl (C=O) groups excluding carboxylic acids is 1. The van der Waals surface area contributed by atoms with E-state index in [2.05, 4.69) is 22.5 Å². The Balaban J connectivity index is 2.34. The molecule has 1 aromatic heterocycles. The number of amides is 1. The van der Waals surface area contributed by atoms with Crippen molar-refractivity contribution in [2.45, 2.75) is 26.2 Å². The minimum Gasteiger partial charge on any atom is -0.385 e. The van der Waals surface area contributed by atoms with Crippen LogP contribution in [0.4, 0.5) is 11.5 Å². The number of hydrogen-bond acceptors (Lipinski definition) is 4. The summed E-state index contributed by atoms with van der Waals surface area (Å²) < 4.78 is 0. The summed E-state index contributed by atoms with van der Waals surface area (Å²) >= 11 is 0. The van der Waals surface area contributed by atoms with Crippen LogP contribution in [0.1, 0.15) is 26.2 Å². The number of nitrogens with one attached hydrogen (secondary N) is 2. The molecule has 0 aliphatic rings. The first-order chi connectivity index (χ1) is 8.22. The van der Waals surface area contributed by atoms with Crippen molar-refractivity contribution in [3.8, 4) is 0 Å². The predicted octanol–water partition coefficient (Wildman–Crippen LogP) is 1.58. The van der Waals surface area contributed by atoms with Crippen LogP contribution < -0.4 is 16.4 Å². The third-order valence-electron chi connectivity index (χ3n) is 2.25. The lowest BCUT2D eigenvalue weighted by molar-refractivity contribution is -0.118. The van der Waals surface area contributed by atoms with E-state index < -0.39 is 0 Å². The Kier molecular flexibility index (Phi) is 5.85. The monoisotopic (exact) mass is 236 g/mol. The van der Waals surface area contributed by atoms with Crippen molar-refractivity contribution in [1.82, 2.24) is 4.98 Å². The van der Waals surface area contributed by atoms with Gasteiger partial charge < -0.3 is 16.4 Å². The van der Waals surface area contributed by atoms with Gasteiger partial charge in [0, 0.05) is 37.5 Å². The van der Waals surface area contributed by atoms with Crippen molar-refractivity contribution in [3.05, 3.63) is 18.3 Å². The topological polar surface area (TPSA) is 80.0 Å². The average molecular weight is 236 g/mol. The number of primary amides is 1. The van der Waals surface area contributed by atoms with E-state index in [-0.39, 0.29) is 5.91 Å². The van der Waals surface area contributed by atoms with E-state index in [0.29, 0.717) is 6.42 Å². The van der Waals surface area contributed by atoms with Crippen LogP contribution in [0.2, 0.25) is 0 Å². The highest BCUT2D eigenvalue weighted by molar-refractivity contribution is 5.73. The molecule has 0 spiro atoms. The number of anilines is 2. The first kappa shape index (κ1) is 13.3. The van der Waals surface area contributed by atoms with Crippen LogP contribution in [0, 0.1) is 0 Å². The molecule has 5 nitrogen and oxygen atoms in total. The van der Waals surface area contributed by atoms with E-state index in [9.17, 15) is 4.79 Å². The number of pyridine rings is 1. The number of carbonyl (C=O) groups is 1. The van der Waals surface area contributed by atoms with Gasteiger partial charge in [-0.1, -0.05) is 6.92 Å². The third-order valence-corrected chi connectivity index (χ3v) is 2.25. The second kappa shape index (κ2) is 7.49. The van der Waals surface area contributed by atoms with Crippen molar-refractivity contribution in [2.75, 3.05) is 23.7 Å². The smallest absolute Gasteiger partial charge is 0.217 e. The van der Waals surface area contributed by atoms with E-state index in [1.54, 1.807) is 6.20 Å². The van der Waals surface area contributed by atoms with Gasteiger partial charge in [0.05, 0.1) is 0 Å². The Hall–Kier alpha value is -1.78. The van der Waals surface area contributed by atoms with Gasteiger partial charge in [0.1, 0.15) is 5.82 Å². The van der Waals surface area contributed by atoms with E-state index in [0.717, 1.165) is 37.4 Å². The zero-order chi connectivity index (χ0) is 12.5. The molecule has 4 N–H and O–H groups in total. The summed E-state index contributed by atoms with van der Waals surface area (Å²) in [6, 6.07) is 3.86. The van der Waals surface area contributed by atoms with Gasteiger partial charge in [0.2, 0.25) is 5.91 Å². The van der Waals surface area contributed by atoms with E-state index in [1.165, 1.54) is 0 Å². The molecule has 0 atom stereocenters. The maximum absolute atomic E-state index is 10.6. The van der Waals surface area contributed by atoms with Gasteiger partial charge in [-0.2, -0.15) is 0 Å². The van der Waals surface area contributed by atoms with Crippen LogP contribution in [0.25, 0.3) is 0 Å².